The number of aromatic nitrogens is 2. The highest BCUT2D eigenvalue weighted by Crippen LogP contribution is 2.40. The summed E-state index contributed by atoms with van der Waals surface area (Å²) in [5.74, 6) is -0.416. The molecule has 1 aliphatic rings. The second-order valence-electron chi connectivity index (χ2n) is 6.65. The van der Waals surface area contributed by atoms with Gasteiger partial charge in [0.15, 0.2) is 0 Å². The van der Waals surface area contributed by atoms with Gasteiger partial charge in [0.25, 0.3) is 5.56 Å². The van der Waals surface area contributed by atoms with Crippen molar-refractivity contribution in [3.63, 3.8) is 0 Å². The highest BCUT2D eigenvalue weighted by atomic mass is 16.6. The van der Waals surface area contributed by atoms with Crippen LogP contribution in [0.3, 0.4) is 0 Å². The molecule has 1 aromatic carbocycles. The SMILES string of the molecule is CC1(COC(=O)c2ccccc2)CCC(C)(n2ccc(=O)[nH]c2=O)O1. The normalized spacial score (nSPS) is 25.7. The van der Waals surface area contributed by atoms with Crippen molar-refractivity contribution in [2.45, 2.75) is 38.0 Å². The summed E-state index contributed by atoms with van der Waals surface area (Å²) in [4.78, 5) is 37.6. The zero-order valence-electron chi connectivity index (χ0n) is 14.2. The lowest BCUT2D eigenvalue weighted by atomic mass is 10.0. The Kier molecular flexibility index (Phi) is 4.34. The molecule has 2 unspecified atom stereocenters. The van der Waals surface area contributed by atoms with Gasteiger partial charge >= 0.3 is 11.7 Å². The van der Waals surface area contributed by atoms with E-state index in [0.717, 1.165) is 0 Å². The molecular formula is C18H20N2O5. The second-order valence-corrected chi connectivity index (χ2v) is 6.65. The molecule has 1 saturated heterocycles. The fourth-order valence-corrected chi connectivity index (χ4v) is 3.07. The Morgan fingerprint density at radius 2 is 1.92 bits per heavy atom. The molecule has 25 heavy (non-hydrogen) atoms. The fraction of sp³-hybridized carbons (Fsp3) is 0.389. The van der Waals surface area contributed by atoms with E-state index in [1.165, 1.54) is 16.8 Å². The zero-order chi connectivity index (χ0) is 18.1. The Balaban J connectivity index is 1.71. The Morgan fingerprint density at radius 3 is 2.60 bits per heavy atom. The number of nitrogens with one attached hydrogen (secondary N) is 1. The summed E-state index contributed by atoms with van der Waals surface area (Å²) in [5, 5.41) is 0. The van der Waals surface area contributed by atoms with Crippen LogP contribution in [0, 0.1) is 0 Å². The van der Waals surface area contributed by atoms with Crippen LogP contribution < -0.4 is 11.2 Å². The first-order chi connectivity index (χ1) is 11.8. The third-order valence-electron chi connectivity index (χ3n) is 4.44. The molecule has 132 valence electrons. The first-order valence-corrected chi connectivity index (χ1v) is 8.06. The van der Waals surface area contributed by atoms with Crippen molar-refractivity contribution in [3.05, 3.63) is 69.0 Å². The molecule has 1 fully saturated rings. The van der Waals surface area contributed by atoms with Gasteiger partial charge in [-0.25, -0.2) is 9.59 Å². The predicted octanol–water partition coefficient (Wildman–Crippen LogP) is 1.64. The Hall–Kier alpha value is -2.67. The van der Waals surface area contributed by atoms with Crippen LogP contribution in [-0.2, 0) is 15.2 Å². The van der Waals surface area contributed by atoms with Crippen molar-refractivity contribution in [1.82, 2.24) is 9.55 Å². The standard InChI is InChI=1S/C18H20N2O5/c1-17(12-24-15(22)13-6-4-3-5-7-13)9-10-18(2,25-17)20-11-8-14(21)19-16(20)23/h3-8,11H,9-10,12H2,1-2H3,(H,19,21,23). The molecule has 0 aliphatic carbocycles. The number of H-pyrrole nitrogens is 1. The summed E-state index contributed by atoms with van der Waals surface area (Å²) in [7, 11) is 0. The van der Waals surface area contributed by atoms with Gasteiger partial charge in [-0.2, -0.15) is 0 Å². The maximum Gasteiger partial charge on any atom is 0.338 e. The zero-order valence-corrected chi connectivity index (χ0v) is 14.2. The molecule has 2 heterocycles. The van der Waals surface area contributed by atoms with Crippen molar-refractivity contribution in [2.75, 3.05) is 6.61 Å². The minimum Gasteiger partial charge on any atom is -0.459 e. The van der Waals surface area contributed by atoms with Gasteiger partial charge in [-0.1, -0.05) is 18.2 Å². The molecule has 0 spiro atoms. The van der Waals surface area contributed by atoms with Crippen molar-refractivity contribution in [2.24, 2.45) is 0 Å². The molecule has 1 N–H and O–H groups in total. The number of hydrogen-bond donors (Lipinski definition) is 1. The molecule has 0 amide bonds. The molecular weight excluding hydrogens is 324 g/mol. The minimum atomic E-state index is -0.908. The van der Waals surface area contributed by atoms with Crippen molar-refractivity contribution in [3.8, 4) is 0 Å². The topological polar surface area (TPSA) is 90.4 Å². The number of benzene rings is 1. The quantitative estimate of drug-likeness (QED) is 0.852. The van der Waals surface area contributed by atoms with Gasteiger partial charge < -0.3 is 9.47 Å². The molecule has 1 aromatic heterocycles. The van der Waals surface area contributed by atoms with Gasteiger partial charge in [-0.3, -0.25) is 14.3 Å². The highest BCUT2D eigenvalue weighted by molar-refractivity contribution is 5.89. The van der Waals surface area contributed by atoms with E-state index in [0.29, 0.717) is 18.4 Å². The molecule has 0 radical (unpaired) electrons. The van der Waals surface area contributed by atoms with Gasteiger partial charge in [0.05, 0.1) is 5.56 Å². The Morgan fingerprint density at radius 1 is 1.20 bits per heavy atom. The first-order valence-electron chi connectivity index (χ1n) is 8.06. The van der Waals surface area contributed by atoms with Crippen LogP contribution >= 0.6 is 0 Å². The van der Waals surface area contributed by atoms with Crippen LogP contribution in [0.5, 0.6) is 0 Å². The summed E-state index contributed by atoms with van der Waals surface area (Å²) >= 11 is 0. The molecule has 2 atom stereocenters. The maximum atomic E-state index is 12.1. The van der Waals surface area contributed by atoms with Crippen LogP contribution in [-0.4, -0.2) is 27.7 Å². The molecule has 1 aliphatic heterocycles. The van der Waals surface area contributed by atoms with Gasteiger partial charge in [0.1, 0.15) is 17.9 Å². The molecule has 7 heteroatoms. The molecule has 0 saturated carbocycles. The van der Waals surface area contributed by atoms with Gasteiger partial charge in [-0.05, 0) is 38.8 Å². The van der Waals surface area contributed by atoms with Crippen molar-refractivity contribution < 1.29 is 14.3 Å². The van der Waals surface area contributed by atoms with Crippen LogP contribution in [0.15, 0.2) is 52.2 Å². The van der Waals surface area contributed by atoms with Gasteiger partial charge in [0.2, 0.25) is 0 Å². The number of nitrogens with zero attached hydrogens (tertiary/aromatic N) is 1. The first kappa shape index (κ1) is 17.2. The lowest BCUT2D eigenvalue weighted by Crippen LogP contribution is -2.44. The number of rotatable bonds is 4. The summed E-state index contributed by atoms with van der Waals surface area (Å²) < 4.78 is 12.8. The largest absolute Gasteiger partial charge is 0.459 e. The smallest absolute Gasteiger partial charge is 0.338 e. The monoisotopic (exact) mass is 344 g/mol. The number of hydrogen-bond acceptors (Lipinski definition) is 5. The summed E-state index contributed by atoms with van der Waals surface area (Å²) in [6, 6.07) is 10.0. The molecule has 7 nitrogen and oxygen atoms in total. The third-order valence-corrected chi connectivity index (χ3v) is 4.44. The minimum absolute atomic E-state index is 0.0778. The molecule has 2 aromatic rings. The highest BCUT2D eigenvalue weighted by Gasteiger charge is 2.46. The average Bonchev–Trinajstić information content (AvgIpc) is 2.90. The lowest BCUT2D eigenvalue weighted by Gasteiger charge is -2.31. The van der Waals surface area contributed by atoms with E-state index in [9.17, 15) is 14.4 Å². The number of carbonyl (C=O) groups excluding carboxylic acids is 1. The lowest BCUT2D eigenvalue weighted by molar-refractivity contribution is -0.150. The van der Waals surface area contributed by atoms with Crippen LogP contribution in [0.2, 0.25) is 0 Å². The molecule has 3 rings (SSSR count). The number of esters is 1. The summed E-state index contributed by atoms with van der Waals surface area (Å²) in [6.45, 7) is 3.69. The van der Waals surface area contributed by atoms with E-state index >= 15 is 0 Å². The Labute approximate surface area is 144 Å². The maximum absolute atomic E-state index is 12.1. The van der Waals surface area contributed by atoms with Crippen LogP contribution in [0.4, 0.5) is 0 Å². The van der Waals surface area contributed by atoms with Gasteiger partial charge in [0, 0.05) is 12.3 Å². The number of aromatic amines is 1. The van der Waals surface area contributed by atoms with E-state index in [4.69, 9.17) is 9.47 Å². The van der Waals surface area contributed by atoms with Crippen LogP contribution in [0.1, 0.15) is 37.0 Å². The Bertz CT molecular complexity index is 888. The fourth-order valence-electron chi connectivity index (χ4n) is 3.07. The van der Waals surface area contributed by atoms with Crippen molar-refractivity contribution >= 4 is 5.97 Å². The van der Waals surface area contributed by atoms with Crippen molar-refractivity contribution in [1.29, 1.82) is 0 Å². The molecule has 0 bridgehead atoms. The van der Waals surface area contributed by atoms with E-state index in [-0.39, 0.29) is 6.61 Å². The van der Waals surface area contributed by atoms with Crippen LogP contribution in [0.25, 0.3) is 0 Å². The number of carbonyl (C=O) groups is 1. The predicted molar refractivity (Wildman–Crippen MR) is 90.4 cm³/mol. The van der Waals surface area contributed by atoms with E-state index < -0.39 is 28.5 Å². The van der Waals surface area contributed by atoms with E-state index in [2.05, 4.69) is 4.98 Å². The second kappa shape index (κ2) is 6.33. The average molecular weight is 344 g/mol. The van der Waals surface area contributed by atoms with E-state index in [1.54, 1.807) is 31.2 Å². The number of ether oxygens (including phenoxy) is 2. The summed E-state index contributed by atoms with van der Waals surface area (Å²) in [5.41, 5.74) is -2.13. The van der Waals surface area contributed by atoms with Gasteiger partial charge in [-0.15, -0.1) is 0 Å². The third kappa shape index (κ3) is 3.56. The van der Waals surface area contributed by atoms with E-state index in [1.807, 2.05) is 13.0 Å². The summed E-state index contributed by atoms with van der Waals surface area (Å²) in [6.07, 6.45) is 2.58.